The van der Waals surface area contributed by atoms with Crippen LogP contribution in [0.2, 0.25) is 10.0 Å². The van der Waals surface area contributed by atoms with E-state index in [4.69, 9.17) is 33.7 Å². The monoisotopic (exact) mass is 326 g/mol. The van der Waals surface area contributed by atoms with Crippen molar-refractivity contribution in [3.8, 4) is 5.75 Å². The predicted molar refractivity (Wildman–Crippen MR) is 74.1 cm³/mol. The molecule has 0 aliphatic carbocycles. The molecule has 0 aromatic heterocycles. The lowest BCUT2D eigenvalue weighted by Gasteiger charge is -2.34. The van der Waals surface area contributed by atoms with Crippen molar-refractivity contribution in [3.05, 3.63) is 39.5 Å². The minimum atomic E-state index is -1.19. The average Bonchev–Trinajstić information content (AvgIpc) is 2.40. The number of halogens is 2. The van der Waals surface area contributed by atoms with Gasteiger partial charge in [-0.25, -0.2) is 0 Å². The molecule has 8 heteroatoms. The first-order valence-electron chi connectivity index (χ1n) is 5.90. The number of benzene rings is 1. The third-order valence-corrected chi connectivity index (χ3v) is 3.85. The largest absolute Gasteiger partial charge is 0.482 e. The predicted octanol–water partition coefficient (Wildman–Crippen LogP) is 1.05. The van der Waals surface area contributed by atoms with Crippen LogP contribution in [0.4, 0.5) is 0 Å². The molecule has 1 aromatic carbocycles. The molecular weight excluding hydrogens is 319 g/mol. The molecule has 0 fully saturated rings. The molecule has 2 amide bonds. The third-order valence-electron chi connectivity index (χ3n) is 3.35. The van der Waals surface area contributed by atoms with E-state index in [1.165, 1.54) is 12.1 Å². The summed E-state index contributed by atoms with van der Waals surface area (Å²) in [5, 5.41) is 2.70. The van der Waals surface area contributed by atoms with Crippen LogP contribution in [-0.4, -0.2) is 23.7 Å². The Hall–Kier alpha value is -2.05. The van der Waals surface area contributed by atoms with Gasteiger partial charge in [-0.3, -0.25) is 14.4 Å². The number of fused-ring (bicyclic) bond motifs is 2. The Kier molecular flexibility index (Phi) is 3.15. The van der Waals surface area contributed by atoms with Crippen molar-refractivity contribution in [2.45, 2.75) is 6.10 Å². The molecule has 0 spiro atoms. The lowest BCUT2D eigenvalue weighted by molar-refractivity contribution is -0.126. The molecule has 0 radical (unpaired) electrons. The van der Waals surface area contributed by atoms with Crippen LogP contribution >= 0.6 is 23.2 Å². The average molecular weight is 327 g/mol. The number of amides is 2. The molecule has 2 aliphatic heterocycles. The highest BCUT2D eigenvalue weighted by atomic mass is 35.5. The number of hydrogen-bond donors (Lipinski definition) is 2. The summed E-state index contributed by atoms with van der Waals surface area (Å²) in [5.41, 5.74) is 5.35. The Morgan fingerprint density at radius 3 is 2.67 bits per heavy atom. The van der Waals surface area contributed by atoms with E-state index in [0.717, 1.165) is 6.20 Å². The fourth-order valence-corrected chi connectivity index (χ4v) is 2.93. The maximum Gasteiger partial charge on any atom is 0.249 e. The SMILES string of the molecule is NC(=O)C1=CNC(=O)C2C(=O)c3cc(Cl)cc(Cl)c3OC12. The van der Waals surface area contributed by atoms with E-state index in [9.17, 15) is 14.4 Å². The van der Waals surface area contributed by atoms with Gasteiger partial charge in [0.1, 0.15) is 17.8 Å². The Bertz CT molecular complexity index is 729. The molecule has 21 heavy (non-hydrogen) atoms. The quantitative estimate of drug-likeness (QED) is 0.753. The van der Waals surface area contributed by atoms with Crippen LogP contribution in [0.1, 0.15) is 10.4 Å². The molecule has 0 saturated heterocycles. The van der Waals surface area contributed by atoms with Gasteiger partial charge in [-0.15, -0.1) is 0 Å². The summed E-state index contributed by atoms with van der Waals surface area (Å²) in [7, 11) is 0. The highest BCUT2D eigenvalue weighted by Crippen LogP contribution is 2.41. The second kappa shape index (κ2) is 4.75. The summed E-state index contributed by atoms with van der Waals surface area (Å²) < 4.78 is 5.60. The van der Waals surface area contributed by atoms with E-state index in [2.05, 4.69) is 5.32 Å². The number of ether oxygens (including phenoxy) is 1. The van der Waals surface area contributed by atoms with Crippen LogP contribution in [0.5, 0.6) is 5.75 Å². The second-order valence-electron chi connectivity index (χ2n) is 4.62. The molecule has 6 nitrogen and oxygen atoms in total. The molecule has 2 aliphatic rings. The zero-order valence-corrected chi connectivity index (χ0v) is 11.9. The van der Waals surface area contributed by atoms with Crippen molar-refractivity contribution in [1.82, 2.24) is 5.32 Å². The molecule has 0 saturated carbocycles. The minimum Gasteiger partial charge on any atom is -0.482 e. The van der Waals surface area contributed by atoms with Gasteiger partial charge < -0.3 is 15.8 Å². The molecule has 2 unspecified atom stereocenters. The van der Waals surface area contributed by atoms with E-state index in [0.29, 0.717) is 0 Å². The fraction of sp³-hybridized carbons (Fsp3) is 0.154. The first-order chi connectivity index (χ1) is 9.90. The van der Waals surface area contributed by atoms with Crippen LogP contribution in [0.15, 0.2) is 23.9 Å². The zero-order chi connectivity index (χ0) is 15.3. The number of ketones is 1. The van der Waals surface area contributed by atoms with Crippen molar-refractivity contribution >= 4 is 40.8 Å². The Balaban J connectivity index is 2.17. The topological polar surface area (TPSA) is 98.5 Å². The van der Waals surface area contributed by atoms with Crippen LogP contribution in [0.3, 0.4) is 0 Å². The number of Topliss-reactive ketones (excluding diaryl/α,β-unsaturated/α-hetero) is 1. The molecule has 2 heterocycles. The summed E-state index contributed by atoms with van der Waals surface area (Å²) >= 11 is 11.9. The van der Waals surface area contributed by atoms with E-state index in [-0.39, 0.29) is 26.9 Å². The maximum absolute atomic E-state index is 12.5. The molecular formula is C13H8Cl2N2O4. The smallest absolute Gasteiger partial charge is 0.249 e. The zero-order valence-electron chi connectivity index (χ0n) is 10.4. The molecule has 3 N–H and O–H groups in total. The lowest BCUT2D eigenvalue weighted by atomic mass is 9.83. The molecule has 0 bridgehead atoms. The first-order valence-corrected chi connectivity index (χ1v) is 6.66. The van der Waals surface area contributed by atoms with Crippen LogP contribution in [0, 0.1) is 5.92 Å². The number of hydrogen-bond acceptors (Lipinski definition) is 4. The van der Waals surface area contributed by atoms with Crippen molar-refractivity contribution in [2.24, 2.45) is 11.7 Å². The van der Waals surface area contributed by atoms with Gasteiger partial charge in [0, 0.05) is 11.2 Å². The summed E-state index contributed by atoms with van der Waals surface area (Å²) in [6.45, 7) is 0. The molecule has 1 aromatic rings. The fourth-order valence-electron chi connectivity index (χ4n) is 2.39. The van der Waals surface area contributed by atoms with E-state index < -0.39 is 29.6 Å². The van der Waals surface area contributed by atoms with Gasteiger partial charge in [0.15, 0.2) is 5.78 Å². The highest BCUT2D eigenvalue weighted by Gasteiger charge is 2.47. The van der Waals surface area contributed by atoms with E-state index >= 15 is 0 Å². The van der Waals surface area contributed by atoms with Gasteiger partial charge >= 0.3 is 0 Å². The number of rotatable bonds is 1. The normalized spacial score (nSPS) is 23.4. The standard InChI is InChI=1S/C13H8Cl2N2O4/c14-4-1-5-9(18)8-11(21-10(5)7(15)2-4)6(12(16)19)3-17-13(8)20/h1-3,8,11H,(H2,16,19)(H,17,20). The van der Waals surface area contributed by atoms with Gasteiger partial charge in [-0.05, 0) is 12.1 Å². The van der Waals surface area contributed by atoms with Crippen molar-refractivity contribution in [1.29, 1.82) is 0 Å². The van der Waals surface area contributed by atoms with Gasteiger partial charge in [0.05, 0.1) is 16.2 Å². The Morgan fingerprint density at radius 2 is 2.00 bits per heavy atom. The maximum atomic E-state index is 12.5. The highest BCUT2D eigenvalue weighted by molar-refractivity contribution is 6.37. The third kappa shape index (κ3) is 2.07. The van der Waals surface area contributed by atoms with Gasteiger partial charge in [-0.2, -0.15) is 0 Å². The number of primary amides is 1. The minimum absolute atomic E-state index is 0.00427. The summed E-state index contributed by atoms with van der Waals surface area (Å²) in [6.07, 6.45) is 0.0587. The van der Waals surface area contributed by atoms with Crippen LogP contribution < -0.4 is 15.8 Å². The lowest BCUT2D eigenvalue weighted by Crippen LogP contribution is -2.52. The van der Waals surface area contributed by atoms with E-state index in [1.54, 1.807) is 0 Å². The number of carbonyl (C=O) groups is 3. The van der Waals surface area contributed by atoms with E-state index in [1.807, 2.05) is 0 Å². The van der Waals surface area contributed by atoms with Gasteiger partial charge in [-0.1, -0.05) is 23.2 Å². The first kappa shape index (κ1) is 13.9. The summed E-state index contributed by atoms with van der Waals surface area (Å²) in [5.74, 6) is -2.98. The molecule has 108 valence electrons. The Labute approximate surface area is 128 Å². The van der Waals surface area contributed by atoms with Crippen molar-refractivity contribution < 1.29 is 19.1 Å². The number of nitrogens with one attached hydrogen (secondary N) is 1. The van der Waals surface area contributed by atoms with Gasteiger partial charge in [0.25, 0.3) is 0 Å². The molecule has 3 rings (SSSR count). The van der Waals surface area contributed by atoms with Crippen LogP contribution in [0.25, 0.3) is 0 Å². The number of nitrogens with two attached hydrogens (primary N) is 1. The van der Waals surface area contributed by atoms with Gasteiger partial charge in [0.2, 0.25) is 11.8 Å². The van der Waals surface area contributed by atoms with Crippen molar-refractivity contribution in [2.75, 3.05) is 0 Å². The summed E-state index contributed by atoms with van der Waals surface area (Å²) in [6, 6.07) is 2.78. The molecule has 2 atom stereocenters. The summed E-state index contributed by atoms with van der Waals surface area (Å²) in [4.78, 5) is 35.8. The Morgan fingerprint density at radius 1 is 1.29 bits per heavy atom. The number of carbonyl (C=O) groups excluding carboxylic acids is 3. The van der Waals surface area contributed by atoms with Crippen LogP contribution in [-0.2, 0) is 9.59 Å². The second-order valence-corrected chi connectivity index (χ2v) is 5.46. The van der Waals surface area contributed by atoms with Crippen molar-refractivity contribution in [3.63, 3.8) is 0 Å².